The zero-order valence-corrected chi connectivity index (χ0v) is 13.4. The summed E-state index contributed by atoms with van der Waals surface area (Å²) in [6.45, 7) is 5.87. The Morgan fingerprint density at radius 2 is 1.95 bits per heavy atom. The van der Waals surface area contributed by atoms with Crippen LogP contribution < -0.4 is 0 Å². The average Bonchev–Trinajstić information content (AvgIpc) is 3.18. The van der Waals surface area contributed by atoms with Gasteiger partial charge in [0.15, 0.2) is 0 Å². The maximum Gasteiger partial charge on any atom is 0.307 e. The molecule has 4 heteroatoms. The van der Waals surface area contributed by atoms with Crippen molar-refractivity contribution in [3.8, 4) is 0 Å². The van der Waals surface area contributed by atoms with Crippen LogP contribution in [0.25, 0.3) is 0 Å². The lowest BCUT2D eigenvalue weighted by atomic mass is 9.89. The van der Waals surface area contributed by atoms with E-state index in [9.17, 15) is 9.59 Å². The molecule has 1 amide bonds. The largest absolute Gasteiger partial charge is 0.481 e. The van der Waals surface area contributed by atoms with E-state index in [0.29, 0.717) is 12.3 Å². The number of rotatable bonds is 7. The summed E-state index contributed by atoms with van der Waals surface area (Å²) < 4.78 is 0. The van der Waals surface area contributed by atoms with E-state index in [1.54, 1.807) is 0 Å². The molecule has 0 aromatic carbocycles. The number of likely N-dealkylation sites (tertiary alicyclic amines) is 1. The van der Waals surface area contributed by atoms with Gasteiger partial charge >= 0.3 is 5.97 Å². The van der Waals surface area contributed by atoms with Gasteiger partial charge < -0.3 is 10.0 Å². The molecule has 1 heterocycles. The van der Waals surface area contributed by atoms with Crippen LogP contribution in [0.15, 0.2) is 0 Å². The van der Waals surface area contributed by atoms with Crippen molar-refractivity contribution in [3.05, 3.63) is 0 Å². The molecule has 1 aliphatic carbocycles. The van der Waals surface area contributed by atoms with Gasteiger partial charge in [0.05, 0.1) is 5.92 Å². The Bertz CT molecular complexity index is 385. The highest BCUT2D eigenvalue weighted by atomic mass is 16.4. The predicted octanol–water partition coefficient (Wildman–Crippen LogP) is 3.31. The van der Waals surface area contributed by atoms with Crippen molar-refractivity contribution in [1.29, 1.82) is 0 Å². The van der Waals surface area contributed by atoms with Crippen LogP contribution in [0.2, 0.25) is 0 Å². The number of carboxylic acid groups (broad SMARTS) is 1. The zero-order valence-electron chi connectivity index (χ0n) is 13.4. The Kier molecular flexibility index (Phi) is 5.28. The predicted molar refractivity (Wildman–Crippen MR) is 81.9 cm³/mol. The van der Waals surface area contributed by atoms with Gasteiger partial charge in [0.1, 0.15) is 0 Å². The lowest BCUT2D eigenvalue weighted by Crippen LogP contribution is -2.40. The normalized spacial score (nSPS) is 24.9. The molecule has 1 saturated heterocycles. The van der Waals surface area contributed by atoms with Crippen molar-refractivity contribution in [2.45, 2.75) is 65.2 Å². The first-order valence-corrected chi connectivity index (χ1v) is 8.53. The lowest BCUT2D eigenvalue weighted by molar-refractivity contribution is -0.140. The van der Waals surface area contributed by atoms with E-state index in [2.05, 4.69) is 13.8 Å². The Hall–Kier alpha value is -1.06. The minimum absolute atomic E-state index is 0.0228. The zero-order chi connectivity index (χ0) is 15.5. The van der Waals surface area contributed by atoms with Gasteiger partial charge in [0.2, 0.25) is 5.91 Å². The van der Waals surface area contributed by atoms with E-state index in [-0.39, 0.29) is 17.2 Å². The third kappa shape index (κ3) is 3.78. The van der Waals surface area contributed by atoms with Crippen LogP contribution in [0.5, 0.6) is 0 Å². The van der Waals surface area contributed by atoms with Crippen molar-refractivity contribution in [1.82, 2.24) is 4.90 Å². The summed E-state index contributed by atoms with van der Waals surface area (Å²) in [6, 6.07) is 0. The molecule has 1 saturated carbocycles. The summed E-state index contributed by atoms with van der Waals surface area (Å²) in [5.74, 6) is -0.00977. The molecule has 2 fully saturated rings. The van der Waals surface area contributed by atoms with E-state index in [0.717, 1.165) is 45.2 Å². The van der Waals surface area contributed by atoms with Gasteiger partial charge in [-0.15, -0.1) is 0 Å². The van der Waals surface area contributed by atoms with Gasteiger partial charge in [-0.1, -0.05) is 33.1 Å². The van der Waals surface area contributed by atoms with Gasteiger partial charge in [-0.3, -0.25) is 9.59 Å². The van der Waals surface area contributed by atoms with Crippen LogP contribution in [0.3, 0.4) is 0 Å². The van der Waals surface area contributed by atoms with Crippen LogP contribution in [0.1, 0.15) is 65.2 Å². The summed E-state index contributed by atoms with van der Waals surface area (Å²) in [7, 11) is 0. The van der Waals surface area contributed by atoms with E-state index < -0.39 is 5.97 Å². The number of carbonyl (C=O) groups is 2. The Labute approximate surface area is 127 Å². The van der Waals surface area contributed by atoms with Crippen LogP contribution >= 0.6 is 0 Å². The molecule has 0 bridgehead atoms. The highest BCUT2D eigenvalue weighted by Crippen LogP contribution is 2.59. The topological polar surface area (TPSA) is 57.6 Å². The number of hydrogen-bond donors (Lipinski definition) is 1. The third-order valence-electron chi connectivity index (χ3n) is 5.61. The van der Waals surface area contributed by atoms with E-state index in [1.165, 1.54) is 12.8 Å². The van der Waals surface area contributed by atoms with Crippen molar-refractivity contribution >= 4 is 11.9 Å². The first-order chi connectivity index (χ1) is 10.0. The molecule has 0 aromatic heterocycles. The number of nitrogens with zero attached hydrogens (tertiary/aromatic N) is 1. The van der Waals surface area contributed by atoms with Crippen LogP contribution in [0, 0.1) is 17.3 Å². The third-order valence-corrected chi connectivity index (χ3v) is 5.61. The molecule has 0 aromatic rings. The van der Waals surface area contributed by atoms with Gasteiger partial charge in [-0.2, -0.15) is 0 Å². The molecule has 2 atom stereocenters. The molecule has 0 radical (unpaired) electrons. The van der Waals surface area contributed by atoms with Gasteiger partial charge in [-0.25, -0.2) is 0 Å². The molecule has 2 rings (SSSR count). The molecule has 2 unspecified atom stereocenters. The summed E-state index contributed by atoms with van der Waals surface area (Å²) in [4.78, 5) is 25.4. The van der Waals surface area contributed by atoms with E-state index >= 15 is 0 Å². The second kappa shape index (κ2) is 6.80. The average molecular weight is 295 g/mol. The molecule has 1 spiro atoms. The molecule has 1 aliphatic heterocycles. The van der Waals surface area contributed by atoms with Crippen LogP contribution in [-0.2, 0) is 9.59 Å². The second-order valence-electron chi connectivity index (χ2n) is 6.96. The van der Waals surface area contributed by atoms with Crippen LogP contribution in [0.4, 0.5) is 0 Å². The molecular formula is C17H29NO3. The smallest absolute Gasteiger partial charge is 0.307 e. The van der Waals surface area contributed by atoms with Crippen molar-refractivity contribution in [2.24, 2.45) is 17.3 Å². The number of amides is 1. The highest BCUT2D eigenvalue weighted by Gasteiger charge is 2.59. The summed E-state index contributed by atoms with van der Waals surface area (Å²) in [5, 5.41) is 9.10. The van der Waals surface area contributed by atoms with Crippen LogP contribution in [-0.4, -0.2) is 35.0 Å². The Morgan fingerprint density at radius 3 is 2.43 bits per heavy atom. The van der Waals surface area contributed by atoms with Crippen molar-refractivity contribution in [2.75, 3.05) is 13.1 Å². The number of unbranched alkanes of at least 4 members (excludes halogenated alkanes) is 1. The molecule has 4 nitrogen and oxygen atoms in total. The fraction of sp³-hybridized carbons (Fsp3) is 0.882. The standard InChI is InChI=1S/C17H29NO3/c1-3-5-6-13(4-2)11-15(19)18-9-7-17(8-10-18)12-14(17)16(20)21/h13-14H,3-12H2,1-2H3,(H,20,21). The number of aliphatic carboxylic acids is 1. The summed E-state index contributed by atoms with van der Waals surface area (Å²) in [5.41, 5.74) is 0.0228. The highest BCUT2D eigenvalue weighted by molar-refractivity contribution is 5.77. The number of hydrogen-bond acceptors (Lipinski definition) is 2. The minimum Gasteiger partial charge on any atom is -0.481 e. The fourth-order valence-corrected chi connectivity index (χ4v) is 3.77. The monoisotopic (exact) mass is 295 g/mol. The van der Waals surface area contributed by atoms with Crippen molar-refractivity contribution in [3.63, 3.8) is 0 Å². The summed E-state index contributed by atoms with van der Waals surface area (Å²) >= 11 is 0. The SMILES string of the molecule is CCCCC(CC)CC(=O)N1CCC2(CC1)CC2C(=O)O. The molecule has 21 heavy (non-hydrogen) atoms. The molecule has 1 N–H and O–H groups in total. The Balaban J connectivity index is 1.77. The molecule has 120 valence electrons. The number of piperidine rings is 1. The summed E-state index contributed by atoms with van der Waals surface area (Å²) in [6.07, 6.45) is 7.86. The Morgan fingerprint density at radius 1 is 1.29 bits per heavy atom. The van der Waals surface area contributed by atoms with Gasteiger partial charge in [0, 0.05) is 19.5 Å². The van der Waals surface area contributed by atoms with Gasteiger partial charge in [-0.05, 0) is 37.0 Å². The van der Waals surface area contributed by atoms with Gasteiger partial charge in [0.25, 0.3) is 0 Å². The quantitative estimate of drug-likeness (QED) is 0.784. The first-order valence-electron chi connectivity index (χ1n) is 8.53. The van der Waals surface area contributed by atoms with E-state index in [1.807, 2.05) is 4.90 Å². The molecular weight excluding hydrogens is 266 g/mol. The first kappa shape index (κ1) is 16.3. The number of carbonyl (C=O) groups excluding carboxylic acids is 1. The lowest BCUT2D eigenvalue weighted by Gasteiger charge is -2.33. The maximum atomic E-state index is 12.4. The molecule has 2 aliphatic rings. The minimum atomic E-state index is -0.652. The van der Waals surface area contributed by atoms with E-state index in [4.69, 9.17) is 5.11 Å². The second-order valence-corrected chi connectivity index (χ2v) is 6.96. The maximum absolute atomic E-state index is 12.4. The van der Waals surface area contributed by atoms with Crippen molar-refractivity contribution < 1.29 is 14.7 Å². The number of carboxylic acids is 1. The fourth-order valence-electron chi connectivity index (χ4n) is 3.77.